The lowest BCUT2D eigenvalue weighted by molar-refractivity contribution is 0.754. The Morgan fingerprint density at radius 1 is 0.800 bits per heavy atom. The zero-order valence-electron chi connectivity index (χ0n) is 13.4. The van der Waals surface area contributed by atoms with Crippen LogP contribution in [0.4, 0.5) is 0 Å². The fourth-order valence-electron chi connectivity index (χ4n) is 2.31. The van der Waals surface area contributed by atoms with E-state index in [2.05, 4.69) is 31.1 Å². The normalized spacial score (nSPS) is 10.9. The third-order valence-corrected chi connectivity index (χ3v) is 4.50. The van der Waals surface area contributed by atoms with Crippen molar-refractivity contribution in [3.8, 4) is 11.4 Å². The highest BCUT2D eigenvalue weighted by Gasteiger charge is 2.13. The topological polar surface area (TPSA) is 87.2 Å². The van der Waals surface area contributed by atoms with Crippen molar-refractivity contribution >= 4 is 11.8 Å². The molecular formula is C16H14N8S. The van der Waals surface area contributed by atoms with Gasteiger partial charge in [-0.25, -0.2) is 0 Å². The van der Waals surface area contributed by atoms with Crippen LogP contribution in [-0.4, -0.2) is 40.4 Å². The molecular weight excluding hydrogens is 336 g/mol. The molecule has 0 aliphatic carbocycles. The van der Waals surface area contributed by atoms with E-state index < -0.39 is 0 Å². The van der Waals surface area contributed by atoms with Gasteiger partial charge in [-0.15, -0.1) is 10.2 Å². The maximum atomic E-state index is 4.11. The molecule has 9 heteroatoms. The van der Waals surface area contributed by atoms with Crippen LogP contribution < -0.4 is 0 Å². The second kappa shape index (κ2) is 6.81. The minimum absolute atomic E-state index is 0.550. The molecule has 0 amide bonds. The zero-order chi connectivity index (χ0) is 17.1. The molecule has 4 rings (SSSR count). The molecule has 0 saturated heterocycles. The summed E-state index contributed by atoms with van der Waals surface area (Å²) in [4.78, 5) is 0. The molecule has 0 bridgehead atoms. The molecule has 0 aliphatic heterocycles. The smallest absolute Gasteiger partial charge is 0.196 e. The third-order valence-electron chi connectivity index (χ3n) is 3.58. The van der Waals surface area contributed by atoms with Gasteiger partial charge >= 0.3 is 0 Å². The van der Waals surface area contributed by atoms with E-state index in [0.717, 1.165) is 17.2 Å². The van der Waals surface area contributed by atoms with Gasteiger partial charge in [-0.1, -0.05) is 47.7 Å². The first kappa shape index (κ1) is 15.5. The Balaban J connectivity index is 1.55. The van der Waals surface area contributed by atoms with E-state index in [1.165, 1.54) is 17.3 Å². The minimum Gasteiger partial charge on any atom is -0.196 e. The summed E-state index contributed by atoms with van der Waals surface area (Å²) in [5.74, 6) is 1.28. The Kier molecular flexibility index (Phi) is 4.21. The van der Waals surface area contributed by atoms with E-state index in [-0.39, 0.29) is 0 Å². The predicted molar refractivity (Wildman–Crippen MR) is 92.6 cm³/mol. The summed E-state index contributed by atoms with van der Waals surface area (Å²) in [5, 5.41) is 24.6. The van der Waals surface area contributed by atoms with E-state index in [9.17, 15) is 0 Å². The molecule has 0 saturated carbocycles. The van der Waals surface area contributed by atoms with Gasteiger partial charge in [-0.05, 0) is 52.0 Å². The summed E-state index contributed by atoms with van der Waals surface area (Å²) in [6.07, 6.45) is 0. The number of aromatic nitrogens is 8. The molecule has 0 spiro atoms. The van der Waals surface area contributed by atoms with E-state index in [1.807, 2.05) is 61.5 Å². The first-order valence-corrected chi connectivity index (χ1v) is 8.61. The fraction of sp³-hybridized carbons (Fsp3) is 0.125. The van der Waals surface area contributed by atoms with E-state index in [4.69, 9.17) is 0 Å². The van der Waals surface area contributed by atoms with Crippen LogP contribution in [0.25, 0.3) is 11.4 Å². The molecule has 8 nitrogen and oxygen atoms in total. The summed E-state index contributed by atoms with van der Waals surface area (Å²) in [6.45, 7) is 2.04. The summed E-state index contributed by atoms with van der Waals surface area (Å²) in [5.41, 5.74) is 3.02. The maximum absolute atomic E-state index is 4.11. The molecule has 25 heavy (non-hydrogen) atoms. The van der Waals surface area contributed by atoms with Crippen molar-refractivity contribution in [1.82, 2.24) is 40.4 Å². The lowest BCUT2D eigenvalue weighted by Crippen LogP contribution is -2.03. The Labute approximate surface area is 147 Å². The van der Waals surface area contributed by atoms with Crippen LogP contribution in [0.2, 0.25) is 0 Å². The van der Waals surface area contributed by atoms with Crippen LogP contribution >= 0.6 is 11.8 Å². The van der Waals surface area contributed by atoms with Crippen molar-refractivity contribution in [2.45, 2.75) is 17.8 Å². The van der Waals surface area contributed by atoms with E-state index in [1.54, 1.807) is 9.36 Å². The highest BCUT2D eigenvalue weighted by Crippen LogP contribution is 2.22. The highest BCUT2D eigenvalue weighted by atomic mass is 32.2. The summed E-state index contributed by atoms with van der Waals surface area (Å²) in [6, 6.07) is 17.8. The van der Waals surface area contributed by atoms with Crippen molar-refractivity contribution in [2.75, 3.05) is 0 Å². The SMILES string of the molecule is Cc1ccc(-n2nnnc2SCc2nnnn2-c2ccccc2)cc1. The number of para-hydroxylation sites is 1. The first-order valence-electron chi connectivity index (χ1n) is 7.62. The molecule has 124 valence electrons. The van der Waals surface area contributed by atoms with Crippen molar-refractivity contribution in [3.63, 3.8) is 0 Å². The largest absolute Gasteiger partial charge is 0.214 e. The highest BCUT2D eigenvalue weighted by molar-refractivity contribution is 7.98. The molecule has 4 aromatic rings. The van der Waals surface area contributed by atoms with Gasteiger partial charge in [0.15, 0.2) is 5.82 Å². The van der Waals surface area contributed by atoms with Crippen LogP contribution in [0.1, 0.15) is 11.4 Å². The Morgan fingerprint density at radius 2 is 1.48 bits per heavy atom. The number of hydrogen-bond donors (Lipinski definition) is 0. The van der Waals surface area contributed by atoms with Crippen LogP contribution in [0, 0.1) is 6.92 Å². The monoisotopic (exact) mass is 350 g/mol. The predicted octanol–water partition coefficient (Wildman–Crippen LogP) is 2.24. The quantitative estimate of drug-likeness (QED) is 0.510. The maximum Gasteiger partial charge on any atom is 0.214 e. The lowest BCUT2D eigenvalue weighted by Gasteiger charge is -2.05. The molecule has 0 N–H and O–H groups in total. The van der Waals surface area contributed by atoms with Gasteiger partial charge in [-0.3, -0.25) is 0 Å². The Bertz CT molecular complexity index is 961. The minimum atomic E-state index is 0.550. The zero-order valence-corrected chi connectivity index (χ0v) is 14.2. The first-order chi connectivity index (χ1) is 12.3. The molecule has 0 radical (unpaired) electrons. The van der Waals surface area contributed by atoms with Crippen molar-refractivity contribution in [2.24, 2.45) is 0 Å². The number of hydrogen-bond acceptors (Lipinski definition) is 7. The second-order valence-corrected chi connectivity index (χ2v) is 6.28. The number of nitrogens with zero attached hydrogens (tertiary/aromatic N) is 8. The van der Waals surface area contributed by atoms with Gasteiger partial charge in [0.05, 0.1) is 17.1 Å². The summed E-state index contributed by atoms with van der Waals surface area (Å²) >= 11 is 1.48. The summed E-state index contributed by atoms with van der Waals surface area (Å²) < 4.78 is 3.42. The van der Waals surface area contributed by atoms with Crippen molar-refractivity contribution in [1.29, 1.82) is 0 Å². The molecule has 0 fully saturated rings. The third kappa shape index (κ3) is 3.26. The van der Waals surface area contributed by atoms with Crippen molar-refractivity contribution in [3.05, 3.63) is 66.0 Å². The Hall–Kier alpha value is -3.07. The van der Waals surface area contributed by atoms with Crippen LogP contribution in [0.5, 0.6) is 0 Å². The molecule has 0 unspecified atom stereocenters. The van der Waals surface area contributed by atoms with Gasteiger partial charge in [0.2, 0.25) is 5.16 Å². The lowest BCUT2D eigenvalue weighted by atomic mass is 10.2. The Morgan fingerprint density at radius 3 is 2.28 bits per heavy atom. The number of tetrazole rings is 2. The number of thioether (sulfide) groups is 1. The number of benzene rings is 2. The van der Waals surface area contributed by atoms with Gasteiger partial charge in [0, 0.05) is 0 Å². The molecule has 2 heterocycles. The molecule has 0 aliphatic rings. The van der Waals surface area contributed by atoms with Crippen LogP contribution in [0.3, 0.4) is 0 Å². The van der Waals surface area contributed by atoms with Gasteiger partial charge in [0.1, 0.15) is 0 Å². The van der Waals surface area contributed by atoms with Gasteiger partial charge in [-0.2, -0.15) is 9.36 Å². The fourth-order valence-corrected chi connectivity index (χ4v) is 3.11. The van der Waals surface area contributed by atoms with Crippen molar-refractivity contribution < 1.29 is 0 Å². The van der Waals surface area contributed by atoms with Gasteiger partial charge < -0.3 is 0 Å². The number of rotatable bonds is 5. The van der Waals surface area contributed by atoms with Gasteiger partial charge in [0.25, 0.3) is 0 Å². The molecule has 2 aromatic carbocycles. The second-order valence-electron chi connectivity index (χ2n) is 5.34. The number of aryl methyl sites for hydroxylation is 1. The molecule has 0 atom stereocenters. The summed E-state index contributed by atoms with van der Waals surface area (Å²) in [7, 11) is 0. The average Bonchev–Trinajstić information content (AvgIpc) is 3.30. The standard InChI is InChI=1S/C16H14N8S/c1-12-7-9-14(10-8-12)24-16(18-20-22-24)25-11-15-17-19-21-23(15)13-5-3-2-4-6-13/h2-10H,11H2,1H3. The van der Waals surface area contributed by atoms with Crippen LogP contribution in [-0.2, 0) is 5.75 Å². The van der Waals surface area contributed by atoms with E-state index >= 15 is 0 Å². The molecule has 2 aromatic heterocycles. The average molecular weight is 350 g/mol. The van der Waals surface area contributed by atoms with E-state index in [0.29, 0.717) is 10.9 Å². The van der Waals surface area contributed by atoms with Crippen LogP contribution in [0.15, 0.2) is 59.8 Å².